The lowest BCUT2D eigenvalue weighted by Crippen LogP contribution is -2.29. The fourth-order valence-electron chi connectivity index (χ4n) is 3.05. The van der Waals surface area contributed by atoms with E-state index in [0.29, 0.717) is 16.1 Å². The number of hydrogen-bond donors (Lipinski definition) is 3. The molecule has 29 heavy (non-hydrogen) atoms. The summed E-state index contributed by atoms with van der Waals surface area (Å²) in [5.41, 5.74) is 3.58. The van der Waals surface area contributed by atoms with Crippen molar-refractivity contribution in [1.29, 1.82) is 0 Å². The van der Waals surface area contributed by atoms with Crippen LogP contribution in [0.15, 0.2) is 67.8 Å². The van der Waals surface area contributed by atoms with Gasteiger partial charge in [0.05, 0.1) is 28.6 Å². The molecule has 0 saturated carbocycles. The fourth-order valence-corrected chi connectivity index (χ4v) is 4.28. The smallest absolute Gasteiger partial charge is 0.314 e. The molecule has 0 bridgehead atoms. The number of aromatic nitrogens is 2. The van der Waals surface area contributed by atoms with Gasteiger partial charge < -0.3 is 19.1 Å². The highest BCUT2D eigenvalue weighted by atomic mass is 35.5. The summed E-state index contributed by atoms with van der Waals surface area (Å²) in [4.78, 5) is 29.5. The van der Waals surface area contributed by atoms with Gasteiger partial charge in [-0.15, -0.1) is 0 Å². The lowest BCUT2D eigenvalue weighted by atomic mass is 10.0. The van der Waals surface area contributed by atoms with E-state index in [1.165, 1.54) is 11.9 Å². The minimum atomic E-state index is -0.666. The highest BCUT2D eigenvalue weighted by molar-refractivity contribution is 8.00. The summed E-state index contributed by atoms with van der Waals surface area (Å²) in [6.45, 7) is 4.15. The molecule has 0 spiro atoms. The van der Waals surface area contributed by atoms with Gasteiger partial charge in [0.1, 0.15) is 0 Å². The molecule has 4 rings (SSSR count). The Kier molecular flexibility index (Phi) is 5.25. The first kappa shape index (κ1) is 19.4. The van der Waals surface area contributed by atoms with Crippen molar-refractivity contribution in [3.8, 4) is 11.1 Å². The molecule has 0 unspecified atom stereocenters. The summed E-state index contributed by atoms with van der Waals surface area (Å²) in [6.07, 6.45) is 3.26. The van der Waals surface area contributed by atoms with Crippen molar-refractivity contribution in [3.63, 3.8) is 0 Å². The Labute approximate surface area is 175 Å². The van der Waals surface area contributed by atoms with Gasteiger partial charge in [-0.1, -0.05) is 31.5 Å². The zero-order valence-electron chi connectivity index (χ0n) is 15.7. The number of H-pyrrole nitrogens is 2. The van der Waals surface area contributed by atoms with Gasteiger partial charge in [-0.2, -0.15) is 0 Å². The van der Waals surface area contributed by atoms with Crippen LogP contribution in [0.3, 0.4) is 0 Å². The molecule has 0 aliphatic heterocycles. The molecule has 0 amide bonds. The average molecular weight is 428 g/mol. The SMILES string of the molecule is CC(C)c1cc2[nH]c(=O)c(=O)[nH]c2cc1SNc1ccc(-c2ccoc2)c(Cl)c1. The van der Waals surface area contributed by atoms with Gasteiger partial charge in [0, 0.05) is 21.7 Å². The van der Waals surface area contributed by atoms with Gasteiger partial charge in [0.25, 0.3) is 0 Å². The van der Waals surface area contributed by atoms with E-state index in [2.05, 4.69) is 28.5 Å². The van der Waals surface area contributed by atoms with Gasteiger partial charge in [-0.3, -0.25) is 9.59 Å². The summed E-state index contributed by atoms with van der Waals surface area (Å²) in [5.74, 6) is 0.228. The Morgan fingerprint density at radius 3 is 2.38 bits per heavy atom. The highest BCUT2D eigenvalue weighted by Crippen LogP contribution is 2.35. The van der Waals surface area contributed by atoms with E-state index < -0.39 is 11.1 Å². The van der Waals surface area contributed by atoms with Crippen LogP contribution < -0.4 is 15.8 Å². The summed E-state index contributed by atoms with van der Waals surface area (Å²) in [6, 6.07) is 11.3. The van der Waals surface area contributed by atoms with Gasteiger partial charge in [-0.05, 0) is 53.8 Å². The first-order valence-corrected chi connectivity index (χ1v) is 10.2. The van der Waals surface area contributed by atoms with Crippen LogP contribution in [0.2, 0.25) is 5.02 Å². The van der Waals surface area contributed by atoms with Gasteiger partial charge in [0.2, 0.25) is 0 Å². The van der Waals surface area contributed by atoms with Crippen LogP contribution in [-0.2, 0) is 0 Å². The lowest BCUT2D eigenvalue weighted by molar-refractivity contribution is 0.568. The number of anilines is 1. The maximum atomic E-state index is 11.7. The first-order chi connectivity index (χ1) is 13.9. The number of benzene rings is 2. The van der Waals surface area contributed by atoms with E-state index in [0.717, 1.165) is 27.3 Å². The molecular weight excluding hydrogens is 410 g/mol. The molecule has 148 valence electrons. The summed E-state index contributed by atoms with van der Waals surface area (Å²) in [7, 11) is 0. The maximum Gasteiger partial charge on any atom is 0.314 e. The molecule has 0 atom stereocenters. The van der Waals surface area contributed by atoms with Crippen LogP contribution in [0, 0.1) is 0 Å². The Hall–Kier alpha value is -2.90. The van der Waals surface area contributed by atoms with Gasteiger partial charge >= 0.3 is 11.1 Å². The number of halogens is 1. The van der Waals surface area contributed by atoms with E-state index in [-0.39, 0.29) is 5.92 Å². The summed E-state index contributed by atoms with van der Waals surface area (Å²) < 4.78 is 8.43. The van der Waals surface area contributed by atoms with E-state index in [9.17, 15) is 9.59 Å². The van der Waals surface area contributed by atoms with E-state index >= 15 is 0 Å². The van der Waals surface area contributed by atoms with Crippen molar-refractivity contribution in [3.05, 3.63) is 80.2 Å². The molecule has 2 aromatic heterocycles. The Morgan fingerprint density at radius 1 is 1.03 bits per heavy atom. The lowest BCUT2D eigenvalue weighted by Gasteiger charge is -2.15. The number of furan rings is 1. The van der Waals surface area contributed by atoms with Crippen LogP contribution in [-0.4, -0.2) is 9.97 Å². The number of nitrogens with one attached hydrogen (secondary N) is 3. The van der Waals surface area contributed by atoms with Crippen LogP contribution in [0.25, 0.3) is 22.2 Å². The average Bonchev–Trinajstić information content (AvgIpc) is 3.21. The Bertz CT molecular complexity index is 1290. The minimum Gasteiger partial charge on any atom is -0.472 e. The normalized spacial score (nSPS) is 11.3. The predicted molar refractivity (Wildman–Crippen MR) is 118 cm³/mol. The molecule has 0 aliphatic rings. The first-order valence-electron chi connectivity index (χ1n) is 8.97. The third kappa shape index (κ3) is 3.97. The molecule has 0 aliphatic carbocycles. The van der Waals surface area contributed by atoms with Crippen molar-refractivity contribution >= 4 is 40.3 Å². The Balaban J connectivity index is 1.64. The minimum absolute atomic E-state index is 0.228. The monoisotopic (exact) mass is 427 g/mol. The highest BCUT2D eigenvalue weighted by Gasteiger charge is 2.12. The molecule has 0 fully saturated rings. The van der Waals surface area contributed by atoms with Crippen molar-refractivity contribution in [1.82, 2.24) is 9.97 Å². The van der Waals surface area contributed by atoms with Crippen molar-refractivity contribution < 1.29 is 4.42 Å². The van der Waals surface area contributed by atoms with Gasteiger partial charge in [0.15, 0.2) is 0 Å². The zero-order chi connectivity index (χ0) is 20.5. The molecule has 0 saturated heterocycles. The molecule has 4 aromatic rings. The fraction of sp³-hybridized carbons (Fsp3) is 0.143. The predicted octanol–water partition coefficient (Wildman–Crippen LogP) is 5.37. The number of aromatic amines is 2. The van der Waals surface area contributed by atoms with E-state index in [1.807, 2.05) is 36.4 Å². The number of rotatable bonds is 5. The topological polar surface area (TPSA) is 90.9 Å². The van der Waals surface area contributed by atoms with Crippen molar-refractivity contribution in [2.75, 3.05) is 4.72 Å². The molecule has 6 nitrogen and oxygen atoms in total. The molecule has 3 N–H and O–H groups in total. The van der Waals surface area contributed by atoms with Crippen LogP contribution in [0.5, 0.6) is 0 Å². The van der Waals surface area contributed by atoms with Crippen LogP contribution >= 0.6 is 23.5 Å². The molecular formula is C21H18ClN3O3S. The van der Waals surface area contributed by atoms with E-state index in [4.69, 9.17) is 16.0 Å². The maximum absolute atomic E-state index is 11.7. The Morgan fingerprint density at radius 2 is 1.76 bits per heavy atom. The molecule has 8 heteroatoms. The second-order valence-corrected chi connectivity index (χ2v) is 8.16. The van der Waals surface area contributed by atoms with Crippen LogP contribution in [0.1, 0.15) is 25.3 Å². The standard InChI is InChI=1S/C21H18ClN3O3S/c1-11(2)15-8-17-18(24-21(27)20(26)23-17)9-19(15)29-25-13-3-4-14(16(22)7-13)12-5-6-28-10-12/h3-11,25H,1-2H3,(H,23,26)(H,24,27). The summed E-state index contributed by atoms with van der Waals surface area (Å²) in [5, 5.41) is 0.612. The molecule has 2 heterocycles. The second kappa shape index (κ2) is 7.85. The van der Waals surface area contributed by atoms with E-state index in [1.54, 1.807) is 12.5 Å². The van der Waals surface area contributed by atoms with Gasteiger partial charge in [-0.25, -0.2) is 0 Å². The summed E-state index contributed by atoms with van der Waals surface area (Å²) >= 11 is 7.85. The van der Waals surface area contributed by atoms with Crippen molar-refractivity contribution in [2.24, 2.45) is 0 Å². The number of hydrogen-bond acceptors (Lipinski definition) is 5. The molecule has 0 radical (unpaired) electrons. The quantitative estimate of drug-likeness (QED) is 0.294. The second-order valence-electron chi connectivity index (χ2n) is 6.91. The molecule has 2 aromatic carbocycles. The van der Waals surface area contributed by atoms with Crippen LogP contribution in [0.4, 0.5) is 5.69 Å². The zero-order valence-corrected chi connectivity index (χ0v) is 17.3. The largest absolute Gasteiger partial charge is 0.472 e. The number of fused-ring (bicyclic) bond motifs is 1. The third-order valence-corrected chi connectivity index (χ3v) is 5.78. The van der Waals surface area contributed by atoms with Crippen molar-refractivity contribution in [2.45, 2.75) is 24.7 Å². The third-order valence-electron chi connectivity index (χ3n) is 4.55.